The normalized spacial score (nSPS) is 16.6. The Balaban J connectivity index is 2.10. The lowest BCUT2D eigenvalue weighted by atomic mass is 10.3. The lowest BCUT2D eigenvalue weighted by Gasteiger charge is -2.20. The summed E-state index contributed by atoms with van der Waals surface area (Å²) in [5.41, 5.74) is 0. The van der Waals surface area contributed by atoms with Crippen LogP contribution in [0.2, 0.25) is 0 Å². The van der Waals surface area contributed by atoms with E-state index in [2.05, 4.69) is 9.97 Å². The van der Waals surface area contributed by atoms with Crippen LogP contribution >= 0.6 is 0 Å². The van der Waals surface area contributed by atoms with E-state index < -0.39 is 10.0 Å². The van der Waals surface area contributed by atoms with Gasteiger partial charge in [0, 0.05) is 19.2 Å². The second kappa shape index (κ2) is 5.16. The number of H-pyrrole nitrogens is 1. The van der Waals surface area contributed by atoms with Crippen LogP contribution in [0.5, 0.6) is 0 Å². The number of aliphatic hydroxyl groups excluding tert-OH is 1. The van der Waals surface area contributed by atoms with Gasteiger partial charge in [0.1, 0.15) is 0 Å². The van der Waals surface area contributed by atoms with Gasteiger partial charge in [-0.1, -0.05) is 0 Å². The SMILES string of the molecule is O=S(=O)(c1cnc[nH]1)N(CCCCO)C1CC1. The van der Waals surface area contributed by atoms with Crippen LogP contribution in [0.25, 0.3) is 0 Å². The molecule has 1 aromatic heterocycles. The van der Waals surface area contributed by atoms with Crippen LogP contribution in [0.1, 0.15) is 25.7 Å². The second-order valence-electron chi connectivity index (χ2n) is 4.19. The molecule has 96 valence electrons. The highest BCUT2D eigenvalue weighted by Crippen LogP contribution is 2.31. The Morgan fingerprint density at radius 3 is 2.76 bits per heavy atom. The maximum Gasteiger partial charge on any atom is 0.260 e. The molecule has 0 bridgehead atoms. The fourth-order valence-corrected chi connectivity index (χ4v) is 3.37. The molecule has 1 aromatic rings. The maximum absolute atomic E-state index is 12.3. The van der Waals surface area contributed by atoms with E-state index in [4.69, 9.17) is 5.11 Å². The molecule has 0 radical (unpaired) electrons. The van der Waals surface area contributed by atoms with Crippen molar-refractivity contribution >= 4 is 10.0 Å². The number of unbranched alkanes of at least 4 members (excludes halogenated alkanes) is 1. The minimum absolute atomic E-state index is 0.0998. The van der Waals surface area contributed by atoms with Crippen molar-refractivity contribution in [3.05, 3.63) is 12.5 Å². The van der Waals surface area contributed by atoms with Crippen molar-refractivity contribution in [1.82, 2.24) is 14.3 Å². The fourth-order valence-electron chi connectivity index (χ4n) is 1.75. The number of imidazole rings is 1. The lowest BCUT2D eigenvalue weighted by molar-refractivity contribution is 0.275. The Bertz CT molecular complexity index is 439. The molecule has 0 unspecified atom stereocenters. The van der Waals surface area contributed by atoms with E-state index in [1.165, 1.54) is 16.8 Å². The molecule has 0 spiro atoms. The first-order valence-electron chi connectivity index (χ1n) is 5.77. The topological polar surface area (TPSA) is 86.3 Å². The number of rotatable bonds is 7. The van der Waals surface area contributed by atoms with Crippen molar-refractivity contribution in [1.29, 1.82) is 0 Å². The van der Waals surface area contributed by atoms with E-state index in [-0.39, 0.29) is 17.7 Å². The summed E-state index contributed by atoms with van der Waals surface area (Å²) in [4.78, 5) is 6.39. The van der Waals surface area contributed by atoms with Gasteiger partial charge >= 0.3 is 0 Å². The Kier molecular flexibility index (Phi) is 3.80. The zero-order valence-electron chi connectivity index (χ0n) is 9.54. The third kappa shape index (κ3) is 2.85. The first-order chi connectivity index (χ1) is 8.16. The molecule has 6 nitrogen and oxygen atoms in total. The number of aromatic amines is 1. The lowest BCUT2D eigenvalue weighted by Crippen LogP contribution is -2.34. The average Bonchev–Trinajstić information content (AvgIpc) is 2.96. The molecule has 1 heterocycles. The summed E-state index contributed by atoms with van der Waals surface area (Å²) in [7, 11) is -3.44. The molecule has 1 fully saturated rings. The van der Waals surface area contributed by atoms with Crippen molar-refractivity contribution < 1.29 is 13.5 Å². The molecule has 0 saturated heterocycles. The summed E-state index contributed by atoms with van der Waals surface area (Å²) < 4.78 is 26.0. The Hall–Kier alpha value is -0.920. The summed E-state index contributed by atoms with van der Waals surface area (Å²) in [5.74, 6) is 0. The number of sulfonamides is 1. The standard InChI is InChI=1S/C10H17N3O3S/c14-6-2-1-5-13(9-3-4-9)17(15,16)10-7-11-8-12-10/h7-9,14H,1-6H2,(H,11,12). The molecule has 1 aliphatic rings. The van der Waals surface area contributed by atoms with Gasteiger partial charge in [0.25, 0.3) is 10.0 Å². The Labute approximate surface area is 101 Å². The van der Waals surface area contributed by atoms with Crippen molar-refractivity contribution in [3.8, 4) is 0 Å². The molecule has 0 aromatic carbocycles. The van der Waals surface area contributed by atoms with Crippen LogP contribution in [0, 0.1) is 0 Å². The molecule has 0 atom stereocenters. The quantitative estimate of drug-likeness (QED) is 0.691. The van der Waals surface area contributed by atoms with Gasteiger partial charge in [-0.3, -0.25) is 0 Å². The zero-order chi connectivity index (χ0) is 12.3. The van der Waals surface area contributed by atoms with E-state index in [1.807, 2.05) is 0 Å². The highest BCUT2D eigenvalue weighted by Gasteiger charge is 2.38. The predicted molar refractivity (Wildman–Crippen MR) is 61.8 cm³/mol. The molecular weight excluding hydrogens is 242 g/mol. The van der Waals surface area contributed by atoms with E-state index in [1.54, 1.807) is 0 Å². The van der Waals surface area contributed by atoms with Gasteiger partial charge in [0.05, 0.1) is 12.5 Å². The van der Waals surface area contributed by atoms with Gasteiger partial charge in [-0.25, -0.2) is 13.4 Å². The molecule has 0 amide bonds. The monoisotopic (exact) mass is 259 g/mol. The van der Waals surface area contributed by atoms with Crippen LogP contribution in [0.15, 0.2) is 17.6 Å². The number of nitrogens with zero attached hydrogens (tertiary/aromatic N) is 2. The Morgan fingerprint density at radius 1 is 1.47 bits per heavy atom. The minimum atomic E-state index is -3.44. The highest BCUT2D eigenvalue weighted by molar-refractivity contribution is 7.89. The molecule has 0 aliphatic heterocycles. The third-order valence-corrected chi connectivity index (χ3v) is 4.68. The van der Waals surface area contributed by atoms with Crippen LogP contribution in [0.4, 0.5) is 0 Å². The largest absolute Gasteiger partial charge is 0.396 e. The smallest absolute Gasteiger partial charge is 0.260 e. The van der Waals surface area contributed by atoms with Crippen LogP contribution in [-0.4, -0.2) is 47.0 Å². The van der Waals surface area contributed by atoms with Gasteiger partial charge in [-0.15, -0.1) is 0 Å². The number of aromatic nitrogens is 2. The first kappa shape index (κ1) is 12.5. The van der Waals surface area contributed by atoms with Crippen LogP contribution < -0.4 is 0 Å². The van der Waals surface area contributed by atoms with Crippen molar-refractivity contribution in [2.45, 2.75) is 36.8 Å². The third-order valence-electron chi connectivity index (χ3n) is 2.80. The number of hydrogen-bond acceptors (Lipinski definition) is 4. The molecule has 17 heavy (non-hydrogen) atoms. The van der Waals surface area contributed by atoms with Gasteiger partial charge in [-0.2, -0.15) is 4.31 Å². The second-order valence-corrected chi connectivity index (χ2v) is 6.05. The van der Waals surface area contributed by atoms with E-state index in [0.29, 0.717) is 19.4 Å². The van der Waals surface area contributed by atoms with Crippen molar-refractivity contribution in [2.24, 2.45) is 0 Å². The summed E-state index contributed by atoms with van der Waals surface area (Å²) in [6, 6.07) is 0.127. The van der Waals surface area contributed by atoms with Gasteiger partial charge in [-0.05, 0) is 25.7 Å². The predicted octanol–water partition coefficient (Wildman–Crippen LogP) is 0.335. The van der Waals surface area contributed by atoms with Crippen LogP contribution in [0.3, 0.4) is 0 Å². The molecule has 1 aliphatic carbocycles. The minimum Gasteiger partial charge on any atom is -0.396 e. The highest BCUT2D eigenvalue weighted by atomic mass is 32.2. The number of hydrogen-bond donors (Lipinski definition) is 2. The Morgan fingerprint density at radius 2 is 2.24 bits per heavy atom. The molecule has 7 heteroatoms. The van der Waals surface area contributed by atoms with Gasteiger partial charge in [0.15, 0.2) is 5.03 Å². The zero-order valence-corrected chi connectivity index (χ0v) is 10.4. The van der Waals surface area contributed by atoms with Crippen molar-refractivity contribution in [3.63, 3.8) is 0 Å². The summed E-state index contributed by atoms with van der Waals surface area (Å²) in [5, 5.41) is 8.88. The molecule has 1 saturated carbocycles. The average molecular weight is 259 g/mol. The molecule has 2 N–H and O–H groups in total. The first-order valence-corrected chi connectivity index (χ1v) is 7.21. The fraction of sp³-hybridized carbons (Fsp3) is 0.700. The van der Waals surface area contributed by atoms with Crippen molar-refractivity contribution in [2.75, 3.05) is 13.2 Å². The van der Waals surface area contributed by atoms with Gasteiger partial charge < -0.3 is 10.1 Å². The van der Waals surface area contributed by atoms with Gasteiger partial charge in [0.2, 0.25) is 0 Å². The summed E-state index contributed by atoms with van der Waals surface area (Å²) >= 11 is 0. The number of aliphatic hydroxyl groups is 1. The molecule has 2 rings (SSSR count). The summed E-state index contributed by atoms with van der Waals surface area (Å²) in [6.07, 6.45) is 5.85. The molecular formula is C10H17N3O3S. The maximum atomic E-state index is 12.3. The van der Waals surface area contributed by atoms with E-state index in [0.717, 1.165) is 12.8 Å². The van der Waals surface area contributed by atoms with E-state index >= 15 is 0 Å². The van der Waals surface area contributed by atoms with Crippen LogP contribution in [-0.2, 0) is 10.0 Å². The summed E-state index contributed by atoms with van der Waals surface area (Å²) in [6.45, 7) is 0.565. The van der Waals surface area contributed by atoms with E-state index in [9.17, 15) is 8.42 Å². The number of nitrogens with one attached hydrogen (secondary N) is 1.